The fourth-order valence-corrected chi connectivity index (χ4v) is 2.50. The first-order chi connectivity index (χ1) is 9.11. The summed E-state index contributed by atoms with van der Waals surface area (Å²) in [6, 6.07) is 9.07. The number of esters is 1. The van der Waals surface area contributed by atoms with Crippen molar-refractivity contribution in [2.75, 3.05) is 7.11 Å². The van der Waals surface area contributed by atoms with Crippen LogP contribution in [0.25, 0.3) is 0 Å². The lowest BCUT2D eigenvalue weighted by molar-refractivity contribution is -0.132. The van der Waals surface area contributed by atoms with Gasteiger partial charge < -0.3 is 15.2 Å². The van der Waals surface area contributed by atoms with Crippen molar-refractivity contribution in [1.29, 1.82) is 0 Å². The van der Waals surface area contributed by atoms with E-state index in [1.54, 1.807) is 23.5 Å². The third-order valence-corrected chi connectivity index (χ3v) is 3.61. The van der Waals surface area contributed by atoms with Crippen molar-refractivity contribution in [2.24, 2.45) is 5.73 Å². The molecule has 0 aliphatic heterocycles. The van der Waals surface area contributed by atoms with Gasteiger partial charge in [-0.05, 0) is 29.1 Å². The molecule has 0 spiro atoms. The summed E-state index contributed by atoms with van der Waals surface area (Å²) in [5.41, 5.74) is 7.09. The first-order valence-corrected chi connectivity index (χ1v) is 6.65. The molecule has 2 aromatic rings. The van der Waals surface area contributed by atoms with E-state index in [2.05, 4.69) is 0 Å². The van der Waals surface area contributed by atoms with Gasteiger partial charge in [0.15, 0.2) is 11.5 Å². The fraction of sp³-hybridized carbons (Fsp3) is 0.214. The van der Waals surface area contributed by atoms with Gasteiger partial charge in [0.2, 0.25) is 0 Å². The highest BCUT2D eigenvalue weighted by atomic mass is 32.1. The Labute approximate surface area is 115 Å². The zero-order valence-corrected chi connectivity index (χ0v) is 11.6. The summed E-state index contributed by atoms with van der Waals surface area (Å²) in [6.07, 6.45) is 0. The summed E-state index contributed by atoms with van der Waals surface area (Å²) in [7, 11) is 1.53. The molecule has 1 heterocycles. The third kappa shape index (κ3) is 3.13. The average molecular weight is 277 g/mol. The van der Waals surface area contributed by atoms with Gasteiger partial charge in [0, 0.05) is 11.8 Å². The van der Waals surface area contributed by atoms with Gasteiger partial charge in [0.1, 0.15) is 0 Å². The number of hydrogen-bond donors (Lipinski definition) is 1. The quantitative estimate of drug-likeness (QED) is 0.689. The molecule has 0 bridgehead atoms. The number of thiophene rings is 1. The number of carbonyl (C=O) groups is 1. The Balaban J connectivity index is 2.31. The van der Waals surface area contributed by atoms with Crippen LogP contribution in [0.3, 0.4) is 0 Å². The Morgan fingerprint density at radius 3 is 2.68 bits per heavy atom. The van der Waals surface area contributed by atoms with Gasteiger partial charge in [-0.15, -0.1) is 11.3 Å². The van der Waals surface area contributed by atoms with E-state index < -0.39 is 0 Å². The molecule has 0 amide bonds. The number of benzene rings is 1. The van der Waals surface area contributed by atoms with Crippen molar-refractivity contribution in [1.82, 2.24) is 0 Å². The van der Waals surface area contributed by atoms with E-state index in [1.807, 2.05) is 23.6 Å². The van der Waals surface area contributed by atoms with E-state index >= 15 is 0 Å². The average Bonchev–Trinajstić information content (AvgIpc) is 2.91. The van der Waals surface area contributed by atoms with Crippen LogP contribution < -0.4 is 15.2 Å². The Kier molecular flexibility index (Phi) is 4.19. The molecule has 19 heavy (non-hydrogen) atoms. The first-order valence-electron chi connectivity index (χ1n) is 5.77. The van der Waals surface area contributed by atoms with Crippen LogP contribution >= 0.6 is 11.3 Å². The molecule has 5 heteroatoms. The second kappa shape index (κ2) is 5.86. The Morgan fingerprint density at radius 1 is 1.32 bits per heavy atom. The summed E-state index contributed by atoms with van der Waals surface area (Å²) in [5.74, 6) is 0.519. The lowest BCUT2D eigenvalue weighted by Crippen LogP contribution is -2.11. The van der Waals surface area contributed by atoms with Crippen LogP contribution in [0.1, 0.15) is 23.4 Å². The molecule has 4 nitrogen and oxygen atoms in total. The molecule has 1 aromatic heterocycles. The lowest BCUT2D eigenvalue weighted by atomic mass is 10.1. The van der Waals surface area contributed by atoms with Crippen LogP contribution in [-0.2, 0) is 4.79 Å². The van der Waals surface area contributed by atoms with E-state index in [0.717, 1.165) is 10.4 Å². The largest absolute Gasteiger partial charge is 0.493 e. The maximum atomic E-state index is 11.0. The summed E-state index contributed by atoms with van der Waals surface area (Å²) in [4.78, 5) is 12.1. The Bertz CT molecular complexity index is 566. The van der Waals surface area contributed by atoms with E-state index in [1.165, 1.54) is 14.0 Å². The first kappa shape index (κ1) is 13.6. The van der Waals surface area contributed by atoms with Crippen molar-refractivity contribution >= 4 is 17.3 Å². The molecule has 0 saturated carbocycles. The zero-order chi connectivity index (χ0) is 13.8. The molecule has 0 saturated heterocycles. The number of ether oxygens (including phenoxy) is 2. The second-order valence-electron chi connectivity index (χ2n) is 4.00. The standard InChI is InChI=1S/C14H15NO3S/c1-9(16)18-11-6-5-10(8-12(11)17-2)14(15)13-4-3-7-19-13/h3-8,14H,15H2,1-2H3/t14-/m0/s1. The zero-order valence-electron chi connectivity index (χ0n) is 10.8. The highest BCUT2D eigenvalue weighted by molar-refractivity contribution is 7.10. The highest BCUT2D eigenvalue weighted by Crippen LogP contribution is 2.32. The third-order valence-electron chi connectivity index (χ3n) is 2.65. The van der Waals surface area contributed by atoms with Crippen molar-refractivity contribution in [3.8, 4) is 11.5 Å². The van der Waals surface area contributed by atoms with Crippen LogP contribution in [0.15, 0.2) is 35.7 Å². The second-order valence-corrected chi connectivity index (χ2v) is 4.98. The molecular weight excluding hydrogens is 262 g/mol. The Morgan fingerprint density at radius 2 is 2.11 bits per heavy atom. The summed E-state index contributed by atoms with van der Waals surface area (Å²) < 4.78 is 10.3. The topological polar surface area (TPSA) is 61.6 Å². The number of nitrogens with two attached hydrogens (primary N) is 1. The molecule has 0 fully saturated rings. The van der Waals surface area contributed by atoms with Gasteiger partial charge in [-0.25, -0.2) is 0 Å². The van der Waals surface area contributed by atoms with Crippen LogP contribution in [0.5, 0.6) is 11.5 Å². The lowest BCUT2D eigenvalue weighted by Gasteiger charge is -2.14. The minimum atomic E-state index is -0.381. The maximum absolute atomic E-state index is 11.0. The van der Waals surface area contributed by atoms with E-state index in [-0.39, 0.29) is 12.0 Å². The maximum Gasteiger partial charge on any atom is 0.308 e. The van der Waals surface area contributed by atoms with Crippen LogP contribution in [0, 0.1) is 0 Å². The molecule has 0 unspecified atom stereocenters. The minimum absolute atomic E-state index is 0.208. The number of carbonyl (C=O) groups excluding carboxylic acids is 1. The number of hydrogen-bond acceptors (Lipinski definition) is 5. The molecule has 0 radical (unpaired) electrons. The Hall–Kier alpha value is -1.85. The van der Waals surface area contributed by atoms with Crippen molar-refractivity contribution in [2.45, 2.75) is 13.0 Å². The van der Waals surface area contributed by atoms with Crippen molar-refractivity contribution in [3.63, 3.8) is 0 Å². The molecule has 0 aliphatic rings. The molecule has 1 aromatic carbocycles. The molecule has 2 N–H and O–H groups in total. The van der Waals surface area contributed by atoms with E-state index in [0.29, 0.717) is 11.5 Å². The highest BCUT2D eigenvalue weighted by Gasteiger charge is 2.14. The van der Waals surface area contributed by atoms with Gasteiger partial charge in [-0.2, -0.15) is 0 Å². The van der Waals surface area contributed by atoms with Gasteiger partial charge in [-0.3, -0.25) is 4.79 Å². The van der Waals surface area contributed by atoms with Crippen molar-refractivity contribution < 1.29 is 14.3 Å². The van der Waals surface area contributed by atoms with Crippen molar-refractivity contribution in [3.05, 3.63) is 46.2 Å². The predicted octanol–water partition coefficient (Wildman–Crippen LogP) is 2.73. The van der Waals surface area contributed by atoms with E-state index in [9.17, 15) is 4.79 Å². The fourth-order valence-electron chi connectivity index (χ4n) is 1.75. The summed E-state index contributed by atoms with van der Waals surface area (Å²) in [5, 5.41) is 1.99. The van der Waals surface area contributed by atoms with Crippen LogP contribution in [-0.4, -0.2) is 13.1 Å². The van der Waals surface area contributed by atoms with Gasteiger partial charge in [0.05, 0.1) is 13.2 Å². The minimum Gasteiger partial charge on any atom is -0.493 e. The van der Waals surface area contributed by atoms with Gasteiger partial charge in [-0.1, -0.05) is 12.1 Å². The summed E-state index contributed by atoms with van der Waals surface area (Å²) in [6.45, 7) is 1.35. The number of methoxy groups -OCH3 is 1. The molecule has 100 valence electrons. The SMILES string of the molecule is COc1cc([C@H](N)c2cccs2)ccc1OC(C)=O. The van der Waals surface area contributed by atoms with Crippen LogP contribution in [0.2, 0.25) is 0 Å². The molecular formula is C14H15NO3S. The normalized spacial score (nSPS) is 11.9. The monoisotopic (exact) mass is 277 g/mol. The molecule has 1 atom stereocenters. The van der Waals surface area contributed by atoms with Crippen LogP contribution in [0.4, 0.5) is 0 Å². The summed E-state index contributed by atoms with van der Waals surface area (Å²) >= 11 is 1.60. The molecule has 2 rings (SSSR count). The van der Waals surface area contributed by atoms with Gasteiger partial charge >= 0.3 is 5.97 Å². The van der Waals surface area contributed by atoms with E-state index in [4.69, 9.17) is 15.2 Å². The van der Waals surface area contributed by atoms with Gasteiger partial charge in [0.25, 0.3) is 0 Å². The number of rotatable bonds is 4. The molecule has 0 aliphatic carbocycles. The predicted molar refractivity (Wildman–Crippen MR) is 74.7 cm³/mol. The smallest absolute Gasteiger partial charge is 0.308 e.